The van der Waals surface area contributed by atoms with Gasteiger partial charge in [0.05, 0.1) is 66.4 Å². The van der Waals surface area contributed by atoms with E-state index in [9.17, 15) is 34.8 Å². The number of alkyl halides is 1. The number of hydrogen-bond donors (Lipinski definition) is 4. The van der Waals surface area contributed by atoms with Gasteiger partial charge in [0.1, 0.15) is 29.6 Å². The molecule has 2 aromatic rings. The summed E-state index contributed by atoms with van der Waals surface area (Å²) < 4.78 is 27.9. The van der Waals surface area contributed by atoms with Crippen LogP contribution in [0.15, 0.2) is 47.6 Å². The number of carbonyl (C=O) groups excluding carboxylic acids is 3. The van der Waals surface area contributed by atoms with E-state index in [0.717, 1.165) is 225 Å². The van der Waals surface area contributed by atoms with Gasteiger partial charge in [0.25, 0.3) is 0 Å². The number of aromatic nitrogens is 3. The average molecular weight is 1900 g/mol. The second-order valence-corrected chi connectivity index (χ2v) is 52.3. The number of allylic oxidation sites excluding steroid dienone is 4. The first-order valence-corrected chi connectivity index (χ1v) is 57.5. The van der Waals surface area contributed by atoms with Crippen LogP contribution in [0.25, 0.3) is 11.0 Å². The SMILES string of the molecule is CC=C1CC[C@H]2[C@@H]3CC[C@H]4CC5(CC[C@@H]4[C@H]3CC[C@]12C)CO5.CC=C1CC[C@H]2[C@@H]3CC[C@H]4C[C@@](O)(COCC)CC[C@@H]4[C@H]3CC[C@]12C.CCOC[C@@]1(O)CC[C@H]2[C@@H](CC[C@@H]3[C@@H]2CC[C@]2(C)[C@@H](C(=O)CBr)CC[C@@H]32)C1.CCOC[C@@]1(O)CC[C@H]2[C@@H](CC[C@@H]3[C@@H]2CC[C@]2(C)[C@@H](C=O)CC[C@@H]32)C1.COC[C@@]1(O)CC[C@H]2[C@@H](CC[C@@H]3[C@@H]2CC[C@]2(C)[C@H](C(=O)Cn4nc5ccccc5n4)CC[C@@H]32)C1. The number of methoxy groups -OCH3 is 1. The van der Waals surface area contributed by atoms with Crippen molar-refractivity contribution in [2.75, 3.05) is 65.3 Å². The van der Waals surface area contributed by atoms with Crippen molar-refractivity contribution >= 4 is 44.8 Å². The molecule has 1 spiro atoms. The van der Waals surface area contributed by atoms with Crippen LogP contribution in [-0.4, -0.2) is 147 Å². The van der Waals surface area contributed by atoms with Crippen LogP contribution in [0.1, 0.15) is 358 Å². The fourth-order valence-corrected chi connectivity index (χ4v) is 40.5. The summed E-state index contributed by atoms with van der Waals surface area (Å²) in [5.41, 5.74) is 5.01. The molecule has 2 heterocycles. The van der Waals surface area contributed by atoms with E-state index < -0.39 is 22.4 Å². The lowest BCUT2D eigenvalue weighted by atomic mass is 9.49. The van der Waals surface area contributed by atoms with Crippen molar-refractivity contribution < 1.29 is 58.5 Å². The summed E-state index contributed by atoms with van der Waals surface area (Å²) in [7, 11) is 1.70. The third-order valence-electron chi connectivity index (χ3n) is 46.4. The maximum Gasteiger partial charge on any atom is 0.159 e. The van der Waals surface area contributed by atoms with Gasteiger partial charge in [-0.3, -0.25) is 9.59 Å². The highest BCUT2D eigenvalue weighted by molar-refractivity contribution is 9.09. The van der Waals surface area contributed by atoms with Crippen molar-refractivity contribution in [2.24, 2.45) is 193 Å². The number of ketones is 2. The molecule has 21 fully saturated rings. The van der Waals surface area contributed by atoms with Gasteiger partial charge in [0.15, 0.2) is 5.78 Å². The van der Waals surface area contributed by atoms with Gasteiger partial charge < -0.3 is 48.9 Å². The van der Waals surface area contributed by atoms with Crippen molar-refractivity contribution in [3.63, 3.8) is 0 Å². The van der Waals surface area contributed by atoms with E-state index in [4.69, 9.17) is 23.7 Å². The molecule has 15 nitrogen and oxygen atoms in total. The van der Waals surface area contributed by atoms with Crippen LogP contribution in [-0.2, 0) is 44.6 Å². The Hall–Kier alpha value is -2.77. The van der Waals surface area contributed by atoms with Crippen molar-refractivity contribution in [2.45, 2.75) is 393 Å². The van der Waals surface area contributed by atoms with Crippen molar-refractivity contribution in [1.29, 1.82) is 0 Å². The Bertz CT molecular complexity index is 4380. The molecule has 744 valence electrons. The monoisotopic (exact) mass is 1900 g/mol. The van der Waals surface area contributed by atoms with Gasteiger partial charge in [-0.05, 0) is 511 Å². The Kier molecular flexibility index (Phi) is 29.6. The molecule has 38 atom stereocenters. The summed E-state index contributed by atoms with van der Waals surface area (Å²) in [6.07, 6.45) is 62.0. The molecule has 0 radical (unpaired) electrons. The number of halogens is 1. The predicted octanol–water partition coefficient (Wildman–Crippen LogP) is 24.6. The minimum atomic E-state index is -0.623. The molecular formula is C117H182BrN3O12. The van der Waals surface area contributed by atoms with Gasteiger partial charge in [-0.1, -0.05) is 86.0 Å². The number of epoxide rings is 1. The summed E-state index contributed by atoms with van der Waals surface area (Å²) in [4.78, 5) is 39.3. The summed E-state index contributed by atoms with van der Waals surface area (Å²) in [6, 6.07) is 7.83. The number of benzene rings is 1. The van der Waals surface area contributed by atoms with Gasteiger partial charge in [-0.25, -0.2) is 0 Å². The number of aldehydes is 1. The zero-order valence-electron chi connectivity index (χ0n) is 84.9. The number of fused-ring (bicyclic) bond motifs is 26. The van der Waals surface area contributed by atoms with Crippen molar-refractivity contribution in [1.82, 2.24) is 15.0 Å². The smallest absolute Gasteiger partial charge is 0.159 e. The van der Waals surface area contributed by atoms with Crippen LogP contribution >= 0.6 is 15.9 Å². The number of rotatable bonds is 17. The van der Waals surface area contributed by atoms with E-state index in [1.165, 1.54) is 212 Å². The molecule has 1 aromatic carbocycles. The molecule has 1 unspecified atom stereocenters. The van der Waals surface area contributed by atoms with E-state index >= 15 is 0 Å². The predicted molar refractivity (Wildman–Crippen MR) is 531 cm³/mol. The fourth-order valence-electron chi connectivity index (χ4n) is 40.1. The third kappa shape index (κ3) is 18.6. The number of Topliss-reactive ketones (excluding diaryl/α,β-unsaturated/α-hetero) is 2. The van der Waals surface area contributed by atoms with Gasteiger partial charge in [0, 0.05) is 44.7 Å². The van der Waals surface area contributed by atoms with Crippen LogP contribution in [0, 0.1) is 193 Å². The molecule has 4 N–H and O–H groups in total. The fraction of sp³-hybridized carbons (Fsp3) is 0.889. The molecule has 0 amide bonds. The maximum absolute atomic E-state index is 13.5. The number of aliphatic hydroxyl groups is 4. The Morgan fingerprint density at radius 2 is 0.744 bits per heavy atom. The third-order valence-corrected chi connectivity index (χ3v) is 46.9. The molecule has 21 aliphatic rings. The quantitative estimate of drug-likeness (QED) is 0.0502. The second kappa shape index (κ2) is 39.7. The summed E-state index contributed by atoms with van der Waals surface area (Å²) >= 11 is 3.42. The Labute approximate surface area is 811 Å². The zero-order chi connectivity index (χ0) is 93.0. The number of hydrogen-bond acceptors (Lipinski definition) is 14. The molecule has 0 bridgehead atoms. The minimum Gasteiger partial charge on any atom is -0.387 e. The van der Waals surface area contributed by atoms with E-state index in [1.54, 1.807) is 23.1 Å². The first-order chi connectivity index (χ1) is 64.0. The maximum atomic E-state index is 13.5. The summed E-state index contributed by atoms with van der Waals surface area (Å²) in [6.45, 7) is 28.5. The molecule has 23 rings (SSSR count). The second-order valence-electron chi connectivity index (χ2n) is 51.7. The lowest BCUT2D eigenvalue weighted by molar-refractivity contribution is -0.137. The molecule has 20 saturated carbocycles. The van der Waals surface area contributed by atoms with Crippen LogP contribution < -0.4 is 0 Å². The van der Waals surface area contributed by atoms with Crippen molar-refractivity contribution in [3.05, 3.63) is 47.6 Å². The zero-order valence-corrected chi connectivity index (χ0v) is 86.5. The summed E-state index contributed by atoms with van der Waals surface area (Å²) in [5.74, 6) is 22.4. The Morgan fingerprint density at radius 1 is 0.406 bits per heavy atom. The largest absolute Gasteiger partial charge is 0.387 e. The van der Waals surface area contributed by atoms with Crippen molar-refractivity contribution in [3.8, 4) is 0 Å². The van der Waals surface area contributed by atoms with E-state index in [2.05, 4.69) is 86.7 Å². The van der Waals surface area contributed by atoms with Gasteiger partial charge in [-0.2, -0.15) is 15.0 Å². The van der Waals surface area contributed by atoms with Crippen LogP contribution in [0.2, 0.25) is 0 Å². The molecule has 133 heavy (non-hydrogen) atoms. The van der Waals surface area contributed by atoms with Crippen LogP contribution in [0.4, 0.5) is 0 Å². The highest BCUT2D eigenvalue weighted by Gasteiger charge is 2.66. The van der Waals surface area contributed by atoms with Crippen LogP contribution in [0.3, 0.4) is 0 Å². The van der Waals surface area contributed by atoms with Gasteiger partial charge in [0.2, 0.25) is 0 Å². The molecule has 1 aliphatic heterocycles. The van der Waals surface area contributed by atoms with E-state index in [0.29, 0.717) is 116 Å². The molecule has 1 saturated heterocycles. The van der Waals surface area contributed by atoms with Gasteiger partial charge >= 0.3 is 0 Å². The lowest BCUT2D eigenvalue weighted by Crippen LogP contribution is -2.52. The lowest BCUT2D eigenvalue weighted by Gasteiger charge is -2.57. The Morgan fingerprint density at radius 3 is 1.11 bits per heavy atom. The standard InChI is InChI=1S/C28H39N3O3.C23H37BrO3.C23H38O2.C22H36O3.C21H32O/c1-27-13-11-20-19-12-14-28(33,17-34-2)15-18(19)7-8-21(20)22(27)9-10-23(27)26(32)16-31-29-24-5-3-4-6-25(24)30-31;1-3-27-14-23(26)11-9-16-15(12-23)4-5-18-17(16)8-10-22(2)19(18)6-7-20(22)21(25)13-24;1-4-17-7-9-21-20-8-6-16-14-23(24,15-25-5-2)13-11-18(16)19(20)10-12-22(17,21)3;1-3-25-14-22(24)11-9-17-15(12-22)4-6-19-18(17)8-10-21(2)16(13-23)5-7-20(19)21;1-3-15-5-7-19-18-6-4-14-12-21(13-22-21)11-9-16(14)17(18)8-10-20(15,19)2/h3-6,18-23,33H,7-17H2,1-2H3;15-20,26H,3-14H2,1-2H3;4,16,18-21,24H,5-15H2,1-3H3;13,15-20,24H,3-12,14H2,1-2H3;3,14,16-19H,4-13H2,1-2H3/t18-,19-,20+,21+,22-,23-,27-,28+;15-,16-,17+,18+,19-,20+,22-,23+;16-,18-,19+,20+,21-,22+,23+;15-,16+,17-,18+,19+,20-,21+,22+;14-,16-,17+,18+,19-,20+,21?/m00000/s1. The van der Waals surface area contributed by atoms with Crippen LogP contribution in [0.5, 0.6) is 0 Å². The molecular weight excluding hydrogens is 1720 g/mol. The number of carbonyl (C=O) groups is 3. The summed E-state index contributed by atoms with van der Waals surface area (Å²) in [5, 5.41) is 53.5. The molecule has 1 aromatic heterocycles. The Balaban J connectivity index is 0.000000108. The first kappa shape index (κ1) is 99.0. The highest BCUT2D eigenvalue weighted by Crippen LogP contribution is 2.72. The average Bonchev–Trinajstić information content (AvgIpc) is 1.63. The molecule has 20 aliphatic carbocycles. The molecule has 16 heteroatoms. The van der Waals surface area contributed by atoms with E-state index in [-0.39, 0.29) is 28.1 Å². The first-order valence-electron chi connectivity index (χ1n) is 56.4. The van der Waals surface area contributed by atoms with E-state index in [1.807, 2.05) is 45.0 Å². The normalized spacial score (nSPS) is 49.7. The van der Waals surface area contributed by atoms with Gasteiger partial charge in [-0.15, -0.1) is 0 Å². The number of ether oxygens (including phenoxy) is 5. The minimum absolute atomic E-state index is 0.114. The topological polar surface area (TPSA) is 212 Å². The highest BCUT2D eigenvalue weighted by atomic mass is 79.9. The number of nitrogens with zero attached hydrogens (tertiary/aromatic N) is 3.